The minimum Gasteiger partial charge on any atom is -0.268 e. The molecule has 0 atom stereocenters. The lowest BCUT2D eigenvalue weighted by atomic mass is 10.0. The summed E-state index contributed by atoms with van der Waals surface area (Å²) in [5.74, 6) is 0.809. The van der Waals surface area contributed by atoms with Gasteiger partial charge in [0.2, 0.25) is 0 Å². The molecule has 4 rings (SSSR count). The Labute approximate surface area is 139 Å². The van der Waals surface area contributed by atoms with Crippen molar-refractivity contribution >= 4 is 17.2 Å². The highest BCUT2D eigenvalue weighted by molar-refractivity contribution is 6.30. The van der Waals surface area contributed by atoms with Crippen LogP contribution in [0.25, 0.3) is 16.8 Å². The maximum absolute atomic E-state index is 13.0. The Balaban J connectivity index is 1.90. The predicted octanol–water partition coefficient (Wildman–Crippen LogP) is 4.36. The highest BCUT2D eigenvalue weighted by Gasteiger charge is 2.23. The van der Waals surface area contributed by atoms with E-state index in [4.69, 9.17) is 16.6 Å². The first-order valence-electron chi connectivity index (χ1n) is 7.98. The van der Waals surface area contributed by atoms with Gasteiger partial charge >= 0.3 is 0 Å². The van der Waals surface area contributed by atoms with Gasteiger partial charge in [0.25, 0.3) is 5.56 Å². The van der Waals surface area contributed by atoms with E-state index in [-0.39, 0.29) is 5.56 Å². The number of hydrogen-bond acceptors (Lipinski definition) is 2. The molecule has 0 N–H and O–H groups in total. The van der Waals surface area contributed by atoms with Gasteiger partial charge in [0.1, 0.15) is 5.65 Å². The normalized spacial score (nSPS) is 14.3. The first-order chi connectivity index (χ1) is 11.2. The number of hydrogen-bond donors (Lipinski definition) is 0. The summed E-state index contributed by atoms with van der Waals surface area (Å²) in [6.07, 6.45) is 6.35. The van der Waals surface area contributed by atoms with E-state index in [9.17, 15) is 4.79 Å². The van der Waals surface area contributed by atoms with Crippen LogP contribution < -0.4 is 5.56 Å². The summed E-state index contributed by atoms with van der Waals surface area (Å²) in [7, 11) is 0. The second-order valence-corrected chi connectivity index (χ2v) is 6.59. The molecule has 0 unspecified atom stereocenters. The Hall–Kier alpha value is -2.13. The van der Waals surface area contributed by atoms with Crippen LogP contribution in [0, 0.1) is 5.92 Å². The van der Waals surface area contributed by atoms with Crippen molar-refractivity contribution < 1.29 is 0 Å². The molecule has 1 aromatic carbocycles. The van der Waals surface area contributed by atoms with E-state index in [0.717, 1.165) is 30.0 Å². The number of aromatic nitrogens is 2. The highest BCUT2D eigenvalue weighted by Crippen LogP contribution is 2.34. The molecule has 23 heavy (non-hydrogen) atoms. The van der Waals surface area contributed by atoms with Crippen molar-refractivity contribution in [3.8, 4) is 11.1 Å². The molecule has 0 amide bonds. The van der Waals surface area contributed by atoms with E-state index in [2.05, 4.69) is 0 Å². The van der Waals surface area contributed by atoms with E-state index in [1.807, 2.05) is 42.5 Å². The molecule has 1 fully saturated rings. The Morgan fingerprint density at radius 3 is 2.65 bits per heavy atom. The Kier molecular flexibility index (Phi) is 3.66. The van der Waals surface area contributed by atoms with Gasteiger partial charge < -0.3 is 0 Å². The average molecular weight is 325 g/mol. The highest BCUT2D eigenvalue weighted by atomic mass is 35.5. The fraction of sp³-hybridized carbons (Fsp3) is 0.263. The third-order valence-electron chi connectivity index (χ3n) is 4.43. The quantitative estimate of drug-likeness (QED) is 0.714. The summed E-state index contributed by atoms with van der Waals surface area (Å²) in [5, 5.41) is 0.669. The van der Waals surface area contributed by atoms with E-state index < -0.39 is 0 Å². The minimum atomic E-state index is -0.0104. The zero-order valence-corrected chi connectivity index (χ0v) is 13.5. The summed E-state index contributed by atoms with van der Waals surface area (Å²) in [4.78, 5) is 17.7. The van der Waals surface area contributed by atoms with Gasteiger partial charge in [-0.15, -0.1) is 0 Å². The van der Waals surface area contributed by atoms with Crippen LogP contribution in [0.2, 0.25) is 5.02 Å². The monoisotopic (exact) mass is 324 g/mol. The topological polar surface area (TPSA) is 34.4 Å². The molecule has 0 spiro atoms. The predicted molar refractivity (Wildman–Crippen MR) is 93.0 cm³/mol. The molecule has 0 bridgehead atoms. The van der Waals surface area contributed by atoms with Gasteiger partial charge in [0.15, 0.2) is 0 Å². The largest absolute Gasteiger partial charge is 0.268 e. The molecule has 0 aliphatic heterocycles. The van der Waals surface area contributed by atoms with Crippen LogP contribution in [-0.2, 0) is 6.42 Å². The van der Waals surface area contributed by atoms with Crippen molar-refractivity contribution in [2.75, 3.05) is 0 Å². The van der Waals surface area contributed by atoms with Crippen LogP contribution in [0.5, 0.6) is 0 Å². The maximum Gasteiger partial charge on any atom is 0.265 e. The lowest BCUT2D eigenvalue weighted by Gasteiger charge is -2.11. The van der Waals surface area contributed by atoms with Gasteiger partial charge in [-0.05, 0) is 48.6 Å². The molecule has 1 saturated carbocycles. The Morgan fingerprint density at radius 2 is 1.91 bits per heavy atom. The first kappa shape index (κ1) is 14.5. The van der Waals surface area contributed by atoms with Crippen molar-refractivity contribution in [2.24, 2.45) is 5.92 Å². The number of aryl methyl sites for hydroxylation is 1. The fourth-order valence-corrected chi connectivity index (χ4v) is 3.10. The lowest BCUT2D eigenvalue weighted by molar-refractivity contribution is 0.713. The minimum absolute atomic E-state index is 0.0104. The summed E-state index contributed by atoms with van der Waals surface area (Å²) in [5.41, 5.74) is 3.18. The van der Waals surface area contributed by atoms with E-state index >= 15 is 0 Å². The number of halogens is 1. The van der Waals surface area contributed by atoms with E-state index in [1.54, 1.807) is 10.6 Å². The lowest BCUT2D eigenvalue weighted by Crippen LogP contribution is -2.19. The van der Waals surface area contributed by atoms with Crippen LogP contribution in [-0.4, -0.2) is 9.38 Å². The summed E-state index contributed by atoms with van der Waals surface area (Å²) < 4.78 is 1.62. The smallest absolute Gasteiger partial charge is 0.265 e. The fourth-order valence-electron chi connectivity index (χ4n) is 2.97. The van der Waals surface area contributed by atoms with Crippen LogP contribution in [0.15, 0.2) is 53.5 Å². The van der Waals surface area contributed by atoms with Crippen LogP contribution in [0.4, 0.5) is 0 Å². The molecular formula is C19H17ClN2O. The van der Waals surface area contributed by atoms with Crippen LogP contribution >= 0.6 is 11.6 Å². The van der Waals surface area contributed by atoms with Crippen molar-refractivity contribution in [1.82, 2.24) is 9.38 Å². The zero-order chi connectivity index (χ0) is 15.8. The second-order valence-electron chi connectivity index (χ2n) is 6.16. The molecule has 3 aromatic rings. The van der Waals surface area contributed by atoms with Crippen LogP contribution in [0.1, 0.15) is 25.0 Å². The van der Waals surface area contributed by atoms with E-state index in [1.165, 1.54) is 12.8 Å². The molecule has 2 aromatic heterocycles. The Bertz CT molecular complexity index is 911. The number of pyridine rings is 1. The molecule has 0 saturated heterocycles. The standard InChI is InChI=1S/C19H17ClN2O/c20-15-9-7-14(8-10-15)18-16(11-6-13-4-5-13)21-17-3-1-2-12-22(17)19(18)23/h1-3,7-10,12-13H,4-6,11H2. The SMILES string of the molecule is O=c1c(-c2ccc(Cl)cc2)c(CCC2CC2)nc2ccccn12. The third kappa shape index (κ3) is 2.89. The molecule has 0 radical (unpaired) electrons. The van der Waals surface area contributed by atoms with Gasteiger partial charge in [-0.3, -0.25) is 9.20 Å². The van der Waals surface area contributed by atoms with Gasteiger partial charge in [0, 0.05) is 11.2 Å². The first-order valence-corrected chi connectivity index (χ1v) is 8.36. The van der Waals surface area contributed by atoms with Crippen molar-refractivity contribution in [3.05, 3.63) is 69.7 Å². The average Bonchev–Trinajstić information content (AvgIpc) is 3.39. The summed E-state index contributed by atoms with van der Waals surface area (Å²) in [6.45, 7) is 0. The molecule has 2 heterocycles. The second kappa shape index (κ2) is 5.82. The number of benzene rings is 1. The molecular weight excluding hydrogens is 308 g/mol. The zero-order valence-electron chi connectivity index (χ0n) is 12.7. The van der Waals surface area contributed by atoms with Crippen molar-refractivity contribution in [3.63, 3.8) is 0 Å². The number of nitrogens with zero attached hydrogens (tertiary/aromatic N) is 2. The van der Waals surface area contributed by atoms with Gasteiger partial charge in [-0.25, -0.2) is 4.98 Å². The third-order valence-corrected chi connectivity index (χ3v) is 4.68. The van der Waals surface area contributed by atoms with Crippen LogP contribution in [0.3, 0.4) is 0 Å². The van der Waals surface area contributed by atoms with Gasteiger partial charge in [-0.1, -0.05) is 42.6 Å². The maximum atomic E-state index is 13.0. The Morgan fingerprint density at radius 1 is 1.13 bits per heavy atom. The molecule has 116 valence electrons. The van der Waals surface area contributed by atoms with Gasteiger partial charge in [-0.2, -0.15) is 0 Å². The van der Waals surface area contributed by atoms with Crippen molar-refractivity contribution in [2.45, 2.75) is 25.7 Å². The van der Waals surface area contributed by atoms with Crippen molar-refractivity contribution in [1.29, 1.82) is 0 Å². The molecule has 1 aliphatic carbocycles. The number of rotatable bonds is 4. The molecule has 4 heteroatoms. The molecule has 3 nitrogen and oxygen atoms in total. The number of fused-ring (bicyclic) bond motifs is 1. The van der Waals surface area contributed by atoms with Gasteiger partial charge in [0.05, 0.1) is 11.3 Å². The summed E-state index contributed by atoms with van der Waals surface area (Å²) >= 11 is 5.99. The van der Waals surface area contributed by atoms with E-state index in [0.29, 0.717) is 16.2 Å². The summed E-state index contributed by atoms with van der Waals surface area (Å²) in [6, 6.07) is 13.1. The molecule has 1 aliphatic rings.